The smallest absolute Gasteiger partial charge is 0.224 e. The van der Waals surface area contributed by atoms with E-state index in [0.717, 1.165) is 25.1 Å². The van der Waals surface area contributed by atoms with E-state index in [-0.39, 0.29) is 5.91 Å². The minimum atomic E-state index is 0.138. The lowest BCUT2D eigenvalue weighted by atomic mass is 10.3. The first-order valence-corrected chi connectivity index (χ1v) is 7.23. The molecule has 19 heavy (non-hydrogen) atoms. The lowest BCUT2D eigenvalue weighted by Gasteiger charge is -2.17. The number of unbranched alkanes of at least 4 members (excludes halogenated alkanes) is 1. The van der Waals surface area contributed by atoms with E-state index in [9.17, 15) is 4.79 Å². The highest BCUT2D eigenvalue weighted by Gasteiger charge is 2.08. The second-order valence-corrected chi connectivity index (χ2v) is 5.31. The largest absolute Gasteiger partial charge is 0.383 e. The Kier molecular flexibility index (Phi) is 7.03. The molecule has 106 valence electrons. The third-order valence-electron chi connectivity index (χ3n) is 2.86. The molecule has 0 bridgehead atoms. The van der Waals surface area contributed by atoms with Crippen LogP contribution in [0.5, 0.6) is 0 Å². The summed E-state index contributed by atoms with van der Waals surface area (Å²) in [4.78, 5) is 13.6. The molecule has 0 aliphatic rings. The summed E-state index contributed by atoms with van der Waals surface area (Å²) in [5.41, 5.74) is 0.762. The maximum Gasteiger partial charge on any atom is 0.224 e. The summed E-state index contributed by atoms with van der Waals surface area (Å²) in [5, 5.41) is 4.36. The molecule has 0 radical (unpaired) electrons. The van der Waals surface area contributed by atoms with Gasteiger partial charge in [-0.05, 0) is 24.6 Å². The van der Waals surface area contributed by atoms with Crippen molar-refractivity contribution in [1.29, 1.82) is 0 Å². The van der Waals surface area contributed by atoms with Crippen molar-refractivity contribution in [3.8, 4) is 0 Å². The number of hydrogen-bond donors (Lipinski definition) is 1. The van der Waals surface area contributed by atoms with Crippen LogP contribution in [0.1, 0.15) is 26.2 Å². The Hall–Kier alpha value is -0.930. The normalized spacial score (nSPS) is 10.3. The van der Waals surface area contributed by atoms with Gasteiger partial charge in [0.2, 0.25) is 5.91 Å². The molecule has 0 spiro atoms. The van der Waals surface area contributed by atoms with Crippen molar-refractivity contribution in [3.63, 3.8) is 0 Å². The zero-order chi connectivity index (χ0) is 14.3. The lowest BCUT2D eigenvalue weighted by molar-refractivity contribution is -0.129. The third-order valence-corrected chi connectivity index (χ3v) is 3.42. The van der Waals surface area contributed by atoms with Crippen LogP contribution in [0.15, 0.2) is 18.2 Å². The Morgan fingerprint density at radius 1 is 1.37 bits per heavy atom. The molecule has 0 heterocycles. The van der Waals surface area contributed by atoms with Crippen LogP contribution in [0.4, 0.5) is 5.69 Å². The zero-order valence-electron chi connectivity index (χ0n) is 11.4. The van der Waals surface area contributed by atoms with Gasteiger partial charge in [0.15, 0.2) is 0 Å². The zero-order valence-corrected chi connectivity index (χ0v) is 12.9. The summed E-state index contributed by atoms with van der Waals surface area (Å²) in [6.45, 7) is 3.48. The number of carbonyl (C=O) groups is 1. The van der Waals surface area contributed by atoms with Crippen LogP contribution in [0.3, 0.4) is 0 Å². The van der Waals surface area contributed by atoms with Gasteiger partial charge in [-0.15, -0.1) is 0 Å². The minimum Gasteiger partial charge on any atom is -0.383 e. The first-order chi connectivity index (χ1) is 9.04. The maximum atomic E-state index is 11.8. The SMILES string of the molecule is CCCCN(C)C(=O)CCNc1cc(Cl)ccc1Cl. The number of amides is 1. The Labute approximate surface area is 124 Å². The Morgan fingerprint density at radius 2 is 2.11 bits per heavy atom. The topological polar surface area (TPSA) is 32.3 Å². The van der Waals surface area contributed by atoms with Crippen molar-refractivity contribution in [2.75, 3.05) is 25.5 Å². The van der Waals surface area contributed by atoms with Gasteiger partial charge < -0.3 is 10.2 Å². The monoisotopic (exact) mass is 302 g/mol. The van der Waals surface area contributed by atoms with Gasteiger partial charge in [-0.1, -0.05) is 36.5 Å². The summed E-state index contributed by atoms with van der Waals surface area (Å²) in [6.07, 6.45) is 2.58. The highest BCUT2D eigenvalue weighted by atomic mass is 35.5. The fraction of sp³-hybridized carbons (Fsp3) is 0.500. The van der Waals surface area contributed by atoms with E-state index < -0.39 is 0 Å². The number of nitrogens with one attached hydrogen (secondary N) is 1. The van der Waals surface area contributed by atoms with Gasteiger partial charge in [-0.25, -0.2) is 0 Å². The molecular formula is C14H20Cl2N2O. The molecule has 0 saturated heterocycles. The van der Waals surface area contributed by atoms with Crippen molar-refractivity contribution in [2.24, 2.45) is 0 Å². The molecule has 0 aliphatic heterocycles. The van der Waals surface area contributed by atoms with Gasteiger partial charge in [-0.2, -0.15) is 0 Å². The van der Waals surface area contributed by atoms with Crippen LogP contribution < -0.4 is 5.32 Å². The number of halogens is 2. The fourth-order valence-electron chi connectivity index (χ4n) is 1.65. The third kappa shape index (κ3) is 5.70. The highest BCUT2D eigenvalue weighted by molar-refractivity contribution is 6.35. The van der Waals surface area contributed by atoms with Crippen LogP contribution in [0.2, 0.25) is 10.0 Å². The highest BCUT2D eigenvalue weighted by Crippen LogP contribution is 2.25. The van der Waals surface area contributed by atoms with Crippen LogP contribution in [0.25, 0.3) is 0 Å². The molecule has 0 fully saturated rings. The maximum absolute atomic E-state index is 11.8. The number of hydrogen-bond acceptors (Lipinski definition) is 2. The first kappa shape index (κ1) is 16.1. The second kappa shape index (κ2) is 8.28. The number of benzene rings is 1. The molecule has 0 aliphatic carbocycles. The van der Waals surface area contributed by atoms with Gasteiger partial charge in [0.25, 0.3) is 0 Å². The van der Waals surface area contributed by atoms with Crippen molar-refractivity contribution in [2.45, 2.75) is 26.2 Å². The van der Waals surface area contributed by atoms with Crippen LogP contribution in [-0.2, 0) is 4.79 Å². The van der Waals surface area contributed by atoms with E-state index in [4.69, 9.17) is 23.2 Å². The molecule has 1 aromatic carbocycles. The molecular weight excluding hydrogens is 283 g/mol. The molecule has 1 rings (SSSR count). The van der Waals surface area contributed by atoms with Gasteiger partial charge in [0, 0.05) is 31.6 Å². The molecule has 0 saturated carbocycles. The molecule has 1 N–H and O–H groups in total. The van der Waals surface area contributed by atoms with E-state index in [1.54, 1.807) is 23.1 Å². The molecule has 0 unspecified atom stereocenters. The second-order valence-electron chi connectivity index (χ2n) is 4.47. The summed E-state index contributed by atoms with van der Waals surface area (Å²) in [6, 6.07) is 5.23. The van der Waals surface area contributed by atoms with Crippen molar-refractivity contribution in [1.82, 2.24) is 4.90 Å². The van der Waals surface area contributed by atoms with Gasteiger partial charge in [0.1, 0.15) is 0 Å². The number of anilines is 1. The van der Waals surface area contributed by atoms with Gasteiger partial charge in [-0.3, -0.25) is 4.79 Å². The Bertz CT molecular complexity index is 424. The molecule has 0 atom stereocenters. The quantitative estimate of drug-likeness (QED) is 0.824. The van der Waals surface area contributed by atoms with Crippen LogP contribution in [0, 0.1) is 0 Å². The lowest BCUT2D eigenvalue weighted by Crippen LogP contribution is -2.29. The van der Waals surface area contributed by atoms with Crippen molar-refractivity contribution < 1.29 is 4.79 Å². The first-order valence-electron chi connectivity index (χ1n) is 6.47. The van der Waals surface area contributed by atoms with Gasteiger partial charge in [0.05, 0.1) is 10.7 Å². The van der Waals surface area contributed by atoms with Crippen LogP contribution in [-0.4, -0.2) is 30.9 Å². The summed E-state index contributed by atoms with van der Waals surface area (Å²) >= 11 is 11.9. The average Bonchev–Trinajstić information content (AvgIpc) is 2.39. The average molecular weight is 303 g/mol. The van der Waals surface area contributed by atoms with Crippen molar-refractivity contribution >= 4 is 34.8 Å². The van der Waals surface area contributed by atoms with E-state index in [1.165, 1.54) is 0 Å². The fourth-order valence-corrected chi connectivity index (χ4v) is 2.00. The van der Waals surface area contributed by atoms with E-state index >= 15 is 0 Å². The minimum absolute atomic E-state index is 0.138. The summed E-state index contributed by atoms with van der Waals surface area (Å²) in [7, 11) is 1.84. The van der Waals surface area contributed by atoms with Crippen molar-refractivity contribution in [3.05, 3.63) is 28.2 Å². The molecule has 0 aromatic heterocycles. The van der Waals surface area contributed by atoms with E-state index in [1.807, 2.05) is 7.05 Å². The Morgan fingerprint density at radius 3 is 2.79 bits per heavy atom. The summed E-state index contributed by atoms with van der Waals surface area (Å²) in [5.74, 6) is 0.138. The predicted molar refractivity (Wildman–Crippen MR) is 82.1 cm³/mol. The number of rotatable bonds is 7. The van der Waals surface area contributed by atoms with E-state index in [2.05, 4.69) is 12.2 Å². The standard InChI is InChI=1S/C14H20Cl2N2O/c1-3-4-9-18(2)14(19)7-8-17-13-10-11(15)5-6-12(13)16/h5-6,10,17H,3-4,7-9H2,1-2H3. The number of nitrogens with zero attached hydrogens (tertiary/aromatic N) is 1. The van der Waals surface area contributed by atoms with E-state index in [0.29, 0.717) is 23.0 Å². The van der Waals surface area contributed by atoms with Gasteiger partial charge >= 0.3 is 0 Å². The summed E-state index contributed by atoms with van der Waals surface area (Å²) < 4.78 is 0. The van der Waals surface area contributed by atoms with Crippen LogP contribution >= 0.6 is 23.2 Å². The molecule has 1 amide bonds. The molecule has 1 aromatic rings. The Balaban J connectivity index is 2.37. The molecule has 5 heteroatoms. The molecule has 3 nitrogen and oxygen atoms in total. The predicted octanol–water partition coefficient (Wildman–Crippen LogP) is 4.05. The number of carbonyl (C=O) groups excluding carboxylic acids is 1.